The Kier molecular flexibility index (Phi) is 7.37. The minimum atomic E-state index is -0.0245. The third-order valence-corrected chi connectivity index (χ3v) is 5.74. The van der Waals surface area contributed by atoms with Gasteiger partial charge in [-0.1, -0.05) is 44.2 Å². The molecule has 1 unspecified atom stereocenters. The van der Waals surface area contributed by atoms with Gasteiger partial charge in [-0.15, -0.1) is 0 Å². The van der Waals surface area contributed by atoms with Crippen molar-refractivity contribution in [3.63, 3.8) is 0 Å². The molecule has 1 aliphatic carbocycles. The van der Waals surface area contributed by atoms with E-state index in [1.165, 1.54) is 0 Å². The number of nitrogens with zero attached hydrogens (tertiary/aromatic N) is 2. The van der Waals surface area contributed by atoms with Gasteiger partial charge in [0.15, 0.2) is 0 Å². The van der Waals surface area contributed by atoms with Crippen LogP contribution in [0.3, 0.4) is 0 Å². The van der Waals surface area contributed by atoms with Crippen molar-refractivity contribution < 1.29 is 9.59 Å². The Morgan fingerprint density at radius 2 is 1.71 bits per heavy atom. The maximum Gasteiger partial charge on any atom is 0.226 e. The van der Waals surface area contributed by atoms with E-state index in [0.717, 1.165) is 35.3 Å². The van der Waals surface area contributed by atoms with Crippen LogP contribution in [0.15, 0.2) is 48.5 Å². The number of amides is 2. The van der Waals surface area contributed by atoms with Crippen molar-refractivity contribution >= 4 is 23.2 Å². The second kappa shape index (κ2) is 9.99. The Balaban J connectivity index is 1.90. The van der Waals surface area contributed by atoms with Gasteiger partial charge in [0.25, 0.3) is 0 Å². The molecule has 0 bridgehead atoms. The van der Waals surface area contributed by atoms with Gasteiger partial charge in [-0.05, 0) is 55.0 Å². The summed E-state index contributed by atoms with van der Waals surface area (Å²) < 4.78 is 0. The topological polar surface area (TPSA) is 52.7 Å². The third-order valence-electron chi connectivity index (χ3n) is 5.74. The van der Waals surface area contributed by atoms with Crippen LogP contribution in [0, 0.1) is 11.8 Å². The summed E-state index contributed by atoms with van der Waals surface area (Å²) in [6.07, 6.45) is 2.44. The monoisotopic (exact) mass is 421 g/mol. The maximum absolute atomic E-state index is 13.2. The lowest BCUT2D eigenvalue weighted by atomic mass is 10.0. The van der Waals surface area contributed by atoms with Crippen molar-refractivity contribution in [1.29, 1.82) is 0 Å². The van der Waals surface area contributed by atoms with E-state index in [1.807, 2.05) is 69.2 Å². The summed E-state index contributed by atoms with van der Waals surface area (Å²) in [5.74, 6) is 0.680. The van der Waals surface area contributed by atoms with Gasteiger partial charge in [0, 0.05) is 44.4 Å². The van der Waals surface area contributed by atoms with Crippen LogP contribution in [-0.2, 0) is 16.1 Å². The number of anilines is 2. The number of rotatable bonds is 9. The first-order chi connectivity index (χ1) is 14.8. The van der Waals surface area contributed by atoms with Gasteiger partial charge in [0.1, 0.15) is 0 Å². The Hall–Kier alpha value is -2.82. The lowest BCUT2D eigenvalue weighted by molar-refractivity contribution is -0.135. The van der Waals surface area contributed by atoms with Gasteiger partial charge in [-0.2, -0.15) is 0 Å². The van der Waals surface area contributed by atoms with Crippen LogP contribution >= 0.6 is 0 Å². The molecule has 0 saturated heterocycles. The molecule has 0 heterocycles. The number of carbonyl (C=O) groups is 2. The molecule has 0 spiro atoms. The largest absolute Gasteiger partial charge is 0.377 e. The van der Waals surface area contributed by atoms with Crippen LogP contribution in [0.25, 0.3) is 0 Å². The highest BCUT2D eigenvalue weighted by atomic mass is 16.2. The maximum atomic E-state index is 13.2. The molecule has 166 valence electrons. The van der Waals surface area contributed by atoms with E-state index >= 15 is 0 Å². The van der Waals surface area contributed by atoms with Crippen LogP contribution in [0.2, 0.25) is 0 Å². The van der Waals surface area contributed by atoms with Gasteiger partial charge in [-0.25, -0.2) is 0 Å². The normalized spacial score (nSPS) is 14.3. The summed E-state index contributed by atoms with van der Waals surface area (Å²) in [4.78, 5) is 29.6. The molecular weight excluding hydrogens is 386 g/mol. The van der Waals surface area contributed by atoms with Gasteiger partial charge in [0.2, 0.25) is 11.8 Å². The summed E-state index contributed by atoms with van der Waals surface area (Å²) in [7, 11) is 4.01. The van der Waals surface area contributed by atoms with Crippen molar-refractivity contribution in [2.24, 2.45) is 11.8 Å². The fourth-order valence-electron chi connectivity index (χ4n) is 3.87. The second-order valence-corrected chi connectivity index (χ2v) is 9.21. The third kappa shape index (κ3) is 6.09. The first-order valence-corrected chi connectivity index (χ1v) is 11.2. The smallest absolute Gasteiger partial charge is 0.226 e. The van der Waals surface area contributed by atoms with E-state index in [9.17, 15) is 9.59 Å². The first kappa shape index (κ1) is 22.9. The van der Waals surface area contributed by atoms with Crippen LogP contribution < -0.4 is 10.2 Å². The highest BCUT2D eigenvalue weighted by molar-refractivity contribution is 5.91. The summed E-state index contributed by atoms with van der Waals surface area (Å²) >= 11 is 0. The van der Waals surface area contributed by atoms with E-state index in [0.29, 0.717) is 18.9 Å². The molecule has 3 rings (SSSR count). The predicted octanol–water partition coefficient (Wildman–Crippen LogP) is 5.24. The number of hydrogen-bond donors (Lipinski definition) is 1. The average molecular weight is 422 g/mol. The molecule has 2 amide bonds. The molecule has 1 saturated carbocycles. The minimum absolute atomic E-state index is 0.0159. The number of nitrogens with one attached hydrogen (secondary N) is 1. The Morgan fingerprint density at radius 3 is 2.29 bits per heavy atom. The van der Waals surface area contributed by atoms with Gasteiger partial charge in [-0.3, -0.25) is 9.59 Å². The van der Waals surface area contributed by atoms with Crippen molar-refractivity contribution in [2.45, 2.75) is 52.6 Å². The SMILES string of the molecule is CC(C)CC(=O)Nc1ccc(N(C)C)c(CN(C(=O)C2CC2)C(C)c2ccccc2)c1. The summed E-state index contributed by atoms with van der Waals surface area (Å²) in [5.41, 5.74) is 3.99. The molecule has 5 heteroatoms. The van der Waals surface area contributed by atoms with E-state index in [2.05, 4.69) is 29.3 Å². The van der Waals surface area contributed by atoms with E-state index in [-0.39, 0.29) is 23.8 Å². The zero-order valence-corrected chi connectivity index (χ0v) is 19.4. The Bertz CT molecular complexity index is 904. The second-order valence-electron chi connectivity index (χ2n) is 9.21. The molecule has 0 radical (unpaired) electrons. The summed E-state index contributed by atoms with van der Waals surface area (Å²) in [6, 6.07) is 16.1. The lowest BCUT2D eigenvalue weighted by Gasteiger charge is -2.32. The highest BCUT2D eigenvalue weighted by Crippen LogP contribution is 2.36. The minimum Gasteiger partial charge on any atom is -0.377 e. The van der Waals surface area contributed by atoms with Crippen molar-refractivity contribution in [3.05, 3.63) is 59.7 Å². The molecule has 0 aliphatic heterocycles. The molecule has 1 atom stereocenters. The summed E-state index contributed by atoms with van der Waals surface area (Å²) in [5, 5.41) is 3.02. The highest BCUT2D eigenvalue weighted by Gasteiger charge is 2.36. The van der Waals surface area contributed by atoms with Crippen LogP contribution in [-0.4, -0.2) is 30.8 Å². The standard InChI is InChI=1S/C26H35N3O2/c1-18(2)15-25(30)27-23-13-14-24(28(4)5)22(16-23)17-29(26(31)21-11-12-21)19(3)20-9-7-6-8-10-20/h6-10,13-14,16,18-19,21H,11-12,15,17H2,1-5H3,(H,27,30). The molecular formula is C26H35N3O2. The van der Waals surface area contributed by atoms with Gasteiger partial charge >= 0.3 is 0 Å². The fourth-order valence-corrected chi connectivity index (χ4v) is 3.87. The Labute approximate surface area is 186 Å². The average Bonchev–Trinajstić information content (AvgIpc) is 3.56. The summed E-state index contributed by atoms with van der Waals surface area (Å²) in [6.45, 7) is 6.67. The van der Waals surface area contributed by atoms with Crippen LogP contribution in [0.4, 0.5) is 11.4 Å². The number of hydrogen-bond acceptors (Lipinski definition) is 3. The lowest BCUT2D eigenvalue weighted by Crippen LogP contribution is -2.34. The molecule has 5 nitrogen and oxygen atoms in total. The van der Waals surface area contributed by atoms with E-state index < -0.39 is 0 Å². The van der Waals surface area contributed by atoms with E-state index in [1.54, 1.807) is 0 Å². The Morgan fingerprint density at radius 1 is 1.03 bits per heavy atom. The molecule has 2 aromatic carbocycles. The predicted molar refractivity (Wildman–Crippen MR) is 127 cm³/mol. The quantitative estimate of drug-likeness (QED) is 0.603. The molecule has 2 aromatic rings. The first-order valence-electron chi connectivity index (χ1n) is 11.2. The molecule has 1 N–H and O–H groups in total. The van der Waals surface area contributed by atoms with Gasteiger partial charge < -0.3 is 15.1 Å². The molecule has 31 heavy (non-hydrogen) atoms. The van der Waals surface area contributed by atoms with Crippen LogP contribution in [0.1, 0.15) is 57.2 Å². The number of benzene rings is 2. The number of carbonyl (C=O) groups excluding carboxylic acids is 2. The molecule has 1 aliphatic rings. The van der Waals surface area contributed by atoms with E-state index in [4.69, 9.17) is 0 Å². The van der Waals surface area contributed by atoms with Crippen molar-refractivity contribution in [1.82, 2.24) is 4.90 Å². The van der Waals surface area contributed by atoms with Crippen LogP contribution in [0.5, 0.6) is 0 Å². The fraction of sp³-hybridized carbons (Fsp3) is 0.462. The van der Waals surface area contributed by atoms with Crippen molar-refractivity contribution in [3.8, 4) is 0 Å². The molecule has 0 aromatic heterocycles. The van der Waals surface area contributed by atoms with Crippen molar-refractivity contribution in [2.75, 3.05) is 24.3 Å². The molecule has 1 fully saturated rings. The zero-order valence-electron chi connectivity index (χ0n) is 19.4. The zero-order chi connectivity index (χ0) is 22.5. The van der Waals surface area contributed by atoms with Gasteiger partial charge in [0.05, 0.1) is 6.04 Å².